The predicted molar refractivity (Wildman–Crippen MR) is 64.4 cm³/mol. The Kier molecular flexibility index (Phi) is 4.95. The molecule has 16 heavy (non-hydrogen) atoms. The maximum absolute atomic E-state index is 10.7. The van der Waals surface area contributed by atoms with Gasteiger partial charge in [0.25, 0.3) is 0 Å². The molecule has 0 radical (unpaired) electrons. The molecule has 1 rings (SSSR count). The highest BCUT2D eigenvalue weighted by Crippen LogP contribution is 2.09. The van der Waals surface area contributed by atoms with Gasteiger partial charge in [-0.05, 0) is 30.4 Å². The predicted octanol–water partition coefficient (Wildman–Crippen LogP) is 0.281. The van der Waals surface area contributed by atoms with E-state index in [4.69, 9.17) is 17.2 Å². The topological polar surface area (TPSA) is 95.1 Å². The van der Waals surface area contributed by atoms with E-state index in [0.717, 1.165) is 18.4 Å². The molecule has 6 N–H and O–H groups in total. The number of hydrogen-bond acceptors (Lipinski definition) is 3. The second-order valence-corrected chi connectivity index (χ2v) is 3.93. The first kappa shape index (κ1) is 12.7. The van der Waals surface area contributed by atoms with E-state index in [1.165, 1.54) is 5.56 Å². The lowest BCUT2D eigenvalue weighted by atomic mass is 10.0. The molecule has 0 saturated heterocycles. The van der Waals surface area contributed by atoms with E-state index >= 15 is 0 Å². The van der Waals surface area contributed by atoms with Gasteiger partial charge in [-0.1, -0.05) is 24.3 Å². The van der Waals surface area contributed by atoms with Crippen LogP contribution in [-0.2, 0) is 17.8 Å². The third kappa shape index (κ3) is 4.00. The van der Waals surface area contributed by atoms with Gasteiger partial charge in [0, 0.05) is 6.54 Å². The van der Waals surface area contributed by atoms with Crippen molar-refractivity contribution in [3.63, 3.8) is 0 Å². The van der Waals surface area contributed by atoms with Gasteiger partial charge in [-0.25, -0.2) is 0 Å². The molecule has 0 saturated carbocycles. The summed E-state index contributed by atoms with van der Waals surface area (Å²) in [5.74, 6) is -0.435. The summed E-state index contributed by atoms with van der Waals surface area (Å²) < 4.78 is 0. The Morgan fingerprint density at radius 3 is 2.62 bits per heavy atom. The van der Waals surface area contributed by atoms with Gasteiger partial charge in [-0.3, -0.25) is 4.79 Å². The van der Waals surface area contributed by atoms with Gasteiger partial charge in [0.1, 0.15) is 0 Å². The van der Waals surface area contributed by atoms with Gasteiger partial charge in [-0.2, -0.15) is 0 Å². The van der Waals surface area contributed by atoms with E-state index in [2.05, 4.69) is 12.1 Å². The van der Waals surface area contributed by atoms with Crippen LogP contribution in [0, 0.1) is 0 Å². The summed E-state index contributed by atoms with van der Waals surface area (Å²) in [4.78, 5) is 10.7. The number of carbonyl (C=O) groups is 1. The second kappa shape index (κ2) is 6.25. The monoisotopic (exact) mass is 221 g/mol. The molecular formula is C12H19N3O. The second-order valence-electron chi connectivity index (χ2n) is 3.93. The zero-order valence-corrected chi connectivity index (χ0v) is 9.36. The lowest BCUT2D eigenvalue weighted by Crippen LogP contribution is -2.36. The van der Waals surface area contributed by atoms with E-state index < -0.39 is 11.9 Å². The summed E-state index contributed by atoms with van der Waals surface area (Å²) in [6, 6.07) is 7.59. The molecule has 1 aromatic carbocycles. The number of aryl methyl sites for hydroxylation is 1. The van der Waals surface area contributed by atoms with Crippen molar-refractivity contribution < 1.29 is 4.79 Å². The van der Waals surface area contributed by atoms with Crippen molar-refractivity contribution in [3.8, 4) is 0 Å². The molecule has 1 unspecified atom stereocenters. The first-order valence-electron chi connectivity index (χ1n) is 5.46. The van der Waals surface area contributed by atoms with Gasteiger partial charge in [0.15, 0.2) is 0 Å². The zero-order valence-electron chi connectivity index (χ0n) is 9.36. The quantitative estimate of drug-likeness (QED) is 0.644. The smallest absolute Gasteiger partial charge is 0.234 e. The van der Waals surface area contributed by atoms with Crippen molar-refractivity contribution in [1.29, 1.82) is 0 Å². The molecule has 0 aromatic heterocycles. The number of carbonyl (C=O) groups excluding carboxylic acids is 1. The van der Waals surface area contributed by atoms with Crippen molar-refractivity contribution in [2.45, 2.75) is 31.8 Å². The summed E-state index contributed by atoms with van der Waals surface area (Å²) in [6.07, 6.45) is 2.38. The maximum atomic E-state index is 10.7. The van der Waals surface area contributed by atoms with Crippen molar-refractivity contribution in [2.75, 3.05) is 0 Å². The van der Waals surface area contributed by atoms with E-state index in [1.807, 2.05) is 12.1 Å². The summed E-state index contributed by atoms with van der Waals surface area (Å²) in [6.45, 7) is 0.550. The van der Waals surface area contributed by atoms with Crippen molar-refractivity contribution >= 4 is 5.91 Å². The Bertz CT molecular complexity index is 352. The van der Waals surface area contributed by atoms with E-state index in [-0.39, 0.29) is 0 Å². The van der Waals surface area contributed by atoms with Crippen LogP contribution in [0.2, 0.25) is 0 Å². The van der Waals surface area contributed by atoms with Crippen LogP contribution in [0.5, 0.6) is 0 Å². The summed E-state index contributed by atoms with van der Waals surface area (Å²) in [7, 11) is 0. The molecule has 1 amide bonds. The Balaban J connectivity index is 2.39. The minimum absolute atomic E-state index is 0.435. The largest absolute Gasteiger partial charge is 0.368 e. The third-order valence-electron chi connectivity index (χ3n) is 2.57. The summed E-state index contributed by atoms with van der Waals surface area (Å²) in [5.41, 5.74) is 18.5. The van der Waals surface area contributed by atoms with Crippen LogP contribution >= 0.6 is 0 Å². The zero-order chi connectivity index (χ0) is 12.0. The number of primary amides is 1. The van der Waals surface area contributed by atoms with Crippen LogP contribution in [0.3, 0.4) is 0 Å². The first-order chi connectivity index (χ1) is 7.63. The highest BCUT2D eigenvalue weighted by molar-refractivity contribution is 5.79. The van der Waals surface area contributed by atoms with Gasteiger partial charge in [-0.15, -0.1) is 0 Å². The molecule has 4 heteroatoms. The van der Waals surface area contributed by atoms with Crippen molar-refractivity contribution in [3.05, 3.63) is 35.4 Å². The van der Waals surface area contributed by atoms with E-state index in [9.17, 15) is 4.79 Å². The molecule has 1 aromatic rings. The molecule has 88 valence electrons. The minimum atomic E-state index is -0.530. The van der Waals surface area contributed by atoms with Gasteiger partial charge >= 0.3 is 0 Å². The molecule has 1 atom stereocenters. The van der Waals surface area contributed by atoms with Crippen LogP contribution < -0.4 is 17.2 Å². The third-order valence-corrected chi connectivity index (χ3v) is 2.57. The molecule has 4 nitrogen and oxygen atoms in total. The fraction of sp³-hybridized carbons (Fsp3) is 0.417. The lowest BCUT2D eigenvalue weighted by molar-refractivity contribution is -0.119. The molecular weight excluding hydrogens is 202 g/mol. The van der Waals surface area contributed by atoms with Gasteiger partial charge < -0.3 is 17.2 Å². The average molecular weight is 221 g/mol. The normalized spacial score (nSPS) is 12.4. The Labute approximate surface area is 95.8 Å². The number of benzene rings is 1. The fourth-order valence-corrected chi connectivity index (χ4v) is 1.58. The molecule has 0 aliphatic heterocycles. The Morgan fingerprint density at radius 2 is 2.00 bits per heavy atom. The summed E-state index contributed by atoms with van der Waals surface area (Å²) in [5, 5.41) is 0. The van der Waals surface area contributed by atoms with Crippen LogP contribution in [0.15, 0.2) is 24.3 Å². The van der Waals surface area contributed by atoms with Crippen LogP contribution in [0.4, 0.5) is 0 Å². The SMILES string of the molecule is NCc1cccc(CCCC(N)C(N)=O)c1. The van der Waals surface area contributed by atoms with Gasteiger partial charge in [0.2, 0.25) is 5.91 Å². The number of nitrogens with two attached hydrogens (primary N) is 3. The Hall–Kier alpha value is -1.39. The van der Waals surface area contributed by atoms with E-state index in [1.54, 1.807) is 0 Å². The van der Waals surface area contributed by atoms with Crippen LogP contribution in [0.1, 0.15) is 24.0 Å². The molecule has 0 aliphatic rings. The van der Waals surface area contributed by atoms with Gasteiger partial charge in [0.05, 0.1) is 6.04 Å². The van der Waals surface area contributed by atoms with Crippen LogP contribution in [0.25, 0.3) is 0 Å². The molecule has 0 bridgehead atoms. The molecule has 0 spiro atoms. The average Bonchev–Trinajstić information content (AvgIpc) is 2.29. The van der Waals surface area contributed by atoms with Crippen LogP contribution in [-0.4, -0.2) is 11.9 Å². The number of rotatable bonds is 6. The molecule has 0 aliphatic carbocycles. The van der Waals surface area contributed by atoms with Crippen molar-refractivity contribution in [2.24, 2.45) is 17.2 Å². The fourth-order valence-electron chi connectivity index (χ4n) is 1.58. The molecule has 0 fully saturated rings. The van der Waals surface area contributed by atoms with E-state index in [0.29, 0.717) is 13.0 Å². The lowest BCUT2D eigenvalue weighted by Gasteiger charge is -2.07. The number of hydrogen-bond donors (Lipinski definition) is 3. The molecule has 0 heterocycles. The number of amides is 1. The highest BCUT2D eigenvalue weighted by atomic mass is 16.1. The Morgan fingerprint density at radius 1 is 1.31 bits per heavy atom. The standard InChI is InChI=1S/C12H19N3O/c13-8-10-5-1-3-9(7-10)4-2-6-11(14)12(15)16/h1,3,5,7,11H,2,4,6,8,13-14H2,(H2,15,16). The maximum Gasteiger partial charge on any atom is 0.234 e. The highest BCUT2D eigenvalue weighted by Gasteiger charge is 2.08. The summed E-state index contributed by atoms with van der Waals surface area (Å²) >= 11 is 0. The minimum Gasteiger partial charge on any atom is -0.368 e. The van der Waals surface area contributed by atoms with Crippen molar-refractivity contribution in [1.82, 2.24) is 0 Å². The first-order valence-corrected chi connectivity index (χ1v) is 5.46.